The molecule has 3 aromatic rings. The summed E-state index contributed by atoms with van der Waals surface area (Å²) in [6.07, 6.45) is 3.02. The summed E-state index contributed by atoms with van der Waals surface area (Å²) in [5.41, 5.74) is 15.8. The lowest BCUT2D eigenvalue weighted by Crippen LogP contribution is -2.48. The van der Waals surface area contributed by atoms with Gasteiger partial charge in [-0.2, -0.15) is 0 Å². The first-order valence-corrected chi connectivity index (χ1v) is 10.8. The van der Waals surface area contributed by atoms with Gasteiger partial charge >= 0.3 is 0 Å². The fourth-order valence-corrected chi connectivity index (χ4v) is 4.03. The average Bonchev–Trinajstić information content (AvgIpc) is 2.80. The van der Waals surface area contributed by atoms with Gasteiger partial charge in [0.15, 0.2) is 5.82 Å². The molecular weight excluding hydrogens is 404 g/mol. The van der Waals surface area contributed by atoms with Gasteiger partial charge in [-0.05, 0) is 55.7 Å². The van der Waals surface area contributed by atoms with Crippen LogP contribution in [0, 0.1) is 6.92 Å². The van der Waals surface area contributed by atoms with Crippen molar-refractivity contribution in [3.63, 3.8) is 0 Å². The van der Waals surface area contributed by atoms with Crippen molar-refractivity contribution in [2.75, 3.05) is 35.6 Å². The van der Waals surface area contributed by atoms with Crippen LogP contribution in [0.3, 0.4) is 0 Å². The van der Waals surface area contributed by atoms with Crippen LogP contribution < -0.4 is 27.2 Å². The van der Waals surface area contributed by atoms with E-state index in [1.54, 1.807) is 13.2 Å². The zero-order valence-electron chi connectivity index (χ0n) is 18.5. The predicted octanol–water partition coefficient (Wildman–Crippen LogP) is 2.37. The molecule has 2 heterocycles. The second-order valence-electron chi connectivity index (χ2n) is 8.50. The number of nitrogen functional groups attached to an aromatic ring is 1. The molecule has 0 radical (unpaired) electrons. The standard InChI is InChI=1S/C24H30N6O2/c1-16-19(4-3-5-20(16)26)21-14-29(2)23(31)22(28-21)27-17-6-8-18(9-7-17)30-12-10-24(32,15-25)11-13-30/h3-9,14,32H,10-13,15,25-26H2,1-2H3,(H,27,28). The summed E-state index contributed by atoms with van der Waals surface area (Å²) in [6.45, 7) is 3.74. The minimum Gasteiger partial charge on any atom is -0.398 e. The van der Waals surface area contributed by atoms with Gasteiger partial charge in [0.05, 0.1) is 11.3 Å². The molecule has 2 aromatic carbocycles. The highest BCUT2D eigenvalue weighted by Gasteiger charge is 2.30. The number of hydrogen-bond acceptors (Lipinski definition) is 7. The number of aliphatic hydroxyl groups is 1. The smallest absolute Gasteiger partial charge is 0.293 e. The Morgan fingerprint density at radius 2 is 1.84 bits per heavy atom. The molecule has 168 valence electrons. The number of anilines is 4. The zero-order chi connectivity index (χ0) is 22.9. The van der Waals surface area contributed by atoms with E-state index in [0.717, 1.165) is 35.6 Å². The average molecular weight is 435 g/mol. The summed E-state index contributed by atoms with van der Waals surface area (Å²) < 4.78 is 1.52. The van der Waals surface area contributed by atoms with Crippen LogP contribution in [0.25, 0.3) is 11.3 Å². The SMILES string of the molecule is Cc1c(N)cccc1-c1cn(C)c(=O)c(Nc2ccc(N3CCC(O)(CN)CC3)cc2)n1. The fraction of sp³-hybridized carbons (Fsp3) is 0.333. The van der Waals surface area contributed by atoms with E-state index < -0.39 is 5.60 Å². The van der Waals surface area contributed by atoms with Crippen molar-refractivity contribution in [2.24, 2.45) is 12.8 Å². The molecule has 0 saturated carbocycles. The summed E-state index contributed by atoms with van der Waals surface area (Å²) in [5.74, 6) is 0.255. The molecule has 1 aliphatic rings. The van der Waals surface area contributed by atoms with Crippen LogP contribution in [-0.2, 0) is 7.05 Å². The van der Waals surface area contributed by atoms with Gasteiger partial charge in [-0.1, -0.05) is 12.1 Å². The Morgan fingerprint density at radius 3 is 2.50 bits per heavy atom. The number of nitrogens with two attached hydrogens (primary N) is 2. The highest BCUT2D eigenvalue weighted by atomic mass is 16.3. The summed E-state index contributed by atoms with van der Waals surface area (Å²) in [5, 5.41) is 13.5. The van der Waals surface area contributed by atoms with Gasteiger partial charge in [0, 0.05) is 55.5 Å². The van der Waals surface area contributed by atoms with Crippen molar-refractivity contribution < 1.29 is 5.11 Å². The van der Waals surface area contributed by atoms with Crippen molar-refractivity contribution in [1.82, 2.24) is 9.55 Å². The second-order valence-corrected chi connectivity index (χ2v) is 8.50. The Hall–Kier alpha value is -3.36. The normalized spacial score (nSPS) is 15.6. The molecule has 0 bridgehead atoms. The summed E-state index contributed by atoms with van der Waals surface area (Å²) >= 11 is 0. The van der Waals surface area contributed by atoms with E-state index in [1.165, 1.54) is 4.57 Å². The number of nitrogens with one attached hydrogen (secondary N) is 1. The van der Waals surface area contributed by atoms with E-state index >= 15 is 0 Å². The first-order chi connectivity index (χ1) is 15.3. The van der Waals surface area contributed by atoms with Crippen LogP contribution in [0.5, 0.6) is 0 Å². The maximum absolute atomic E-state index is 12.7. The van der Waals surface area contributed by atoms with Crippen molar-refractivity contribution in [3.05, 3.63) is 64.6 Å². The minimum absolute atomic E-state index is 0.212. The van der Waals surface area contributed by atoms with Gasteiger partial charge in [0.2, 0.25) is 0 Å². The maximum Gasteiger partial charge on any atom is 0.293 e. The van der Waals surface area contributed by atoms with Gasteiger partial charge < -0.3 is 31.4 Å². The van der Waals surface area contributed by atoms with E-state index in [0.29, 0.717) is 30.8 Å². The highest BCUT2D eigenvalue weighted by Crippen LogP contribution is 2.28. The molecular formula is C24H30N6O2. The predicted molar refractivity (Wildman–Crippen MR) is 129 cm³/mol. The van der Waals surface area contributed by atoms with Gasteiger partial charge in [0.25, 0.3) is 5.56 Å². The topological polar surface area (TPSA) is 122 Å². The summed E-state index contributed by atoms with van der Waals surface area (Å²) in [6, 6.07) is 13.5. The van der Waals surface area contributed by atoms with E-state index in [4.69, 9.17) is 11.5 Å². The Morgan fingerprint density at radius 1 is 1.16 bits per heavy atom. The molecule has 0 unspecified atom stereocenters. The number of rotatable bonds is 5. The lowest BCUT2D eigenvalue weighted by atomic mass is 9.91. The lowest BCUT2D eigenvalue weighted by molar-refractivity contribution is 0.0250. The fourth-order valence-electron chi connectivity index (χ4n) is 4.03. The van der Waals surface area contributed by atoms with Crippen LogP contribution in [0.1, 0.15) is 18.4 Å². The largest absolute Gasteiger partial charge is 0.398 e. The molecule has 0 aliphatic carbocycles. The molecule has 0 spiro atoms. The van der Waals surface area contributed by atoms with Gasteiger partial charge in [-0.25, -0.2) is 4.98 Å². The number of piperidine rings is 1. The molecule has 0 amide bonds. The van der Waals surface area contributed by atoms with Gasteiger partial charge in [0.1, 0.15) is 0 Å². The molecule has 6 N–H and O–H groups in total. The summed E-state index contributed by atoms with van der Waals surface area (Å²) in [4.78, 5) is 19.5. The van der Waals surface area contributed by atoms with Gasteiger partial charge in [-0.3, -0.25) is 4.79 Å². The molecule has 4 rings (SSSR count). The number of aryl methyl sites for hydroxylation is 1. The molecule has 1 saturated heterocycles. The van der Waals surface area contributed by atoms with Crippen LogP contribution in [0.4, 0.5) is 22.9 Å². The lowest BCUT2D eigenvalue weighted by Gasteiger charge is -2.38. The van der Waals surface area contributed by atoms with Gasteiger partial charge in [-0.15, -0.1) is 0 Å². The van der Waals surface area contributed by atoms with E-state index in [1.807, 2.05) is 49.4 Å². The minimum atomic E-state index is -0.753. The van der Waals surface area contributed by atoms with Crippen LogP contribution in [0.15, 0.2) is 53.5 Å². The van der Waals surface area contributed by atoms with Crippen molar-refractivity contribution in [1.29, 1.82) is 0 Å². The number of hydrogen-bond donors (Lipinski definition) is 4. The third-order valence-electron chi connectivity index (χ3n) is 6.29. The molecule has 8 heteroatoms. The number of aromatic nitrogens is 2. The monoisotopic (exact) mass is 434 g/mol. The molecule has 1 aromatic heterocycles. The zero-order valence-corrected chi connectivity index (χ0v) is 18.5. The summed E-state index contributed by atoms with van der Waals surface area (Å²) in [7, 11) is 1.71. The number of benzene rings is 2. The van der Waals surface area contributed by atoms with Crippen LogP contribution >= 0.6 is 0 Å². The number of nitrogens with zero attached hydrogens (tertiary/aromatic N) is 3. The Balaban J connectivity index is 1.55. The molecule has 32 heavy (non-hydrogen) atoms. The van der Waals surface area contributed by atoms with Crippen LogP contribution in [0.2, 0.25) is 0 Å². The first kappa shape index (κ1) is 21.9. The van der Waals surface area contributed by atoms with E-state index in [-0.39, 0.29) is 11.4 Å². The van der Waals surface area contributed by atoms with Crippen molar-refractivity contribution in [2.45, 2.75) is 25.4 Å². The quantitative estimate of drug-likeness (QED) is 0.455. The molecule has 0 atom stereocenters. The highest BCUT2D eigenvalue weighted by molar-refractivity contribution is 5.71. The van der Waals surface area contributed by atoms with E-state index in [9.17, 15) is 9.90 Å². The van der Waals surface area contributed by atoms with Crippen molar-refractivity contribution >= 4 is 22.9 Å². The Labute approximate surface area is 187 Å². The second kappa shape index (κ2) is 8.64. The molecule has 1 aliphatic heterocycles. The first-order valence-electron chi connectivity index (χ1n) is 10.8. The third kappa shape index (κ3) is 4.32. The molecule has 8 nitrogen and oxygen atoms in total. The third-order valence-corrected chi connectivity index (χ3v) is 6.29. The van der Waals surface area contributed by atoms with Crippen LogP contribution in [-0.4, -0.2) is 39.9 Å². The molecule has 1 fully saturated rings. The Bertz CT molecular complexity index is 1160. The van der Waals surface area contributed by atoms with Crippen molar-refractivity contribution in [3.8, 4) is 11.3 Å². The van der Waals surface area contributed by atoms with E-state index in [2.05, 4.69) is 15.2 Å². The maximum atomic E-state index is 12.7. The Kier molecular flexibility index (Phi) is 5.90.